The van der Waals surface area contributed by atoms with E-state index in [2.05, 4.69) is 34.2 Å². The molecule has 2 atom stereocenters. The maximum absolute atomic E-state index is 5.19. The molecular weight excluding hydrogens is 192 g/mol. The summed E-state index contributed by atoms with van der Waals surface area (Å²) in [7, 11) is 0. The Balaban J connectivity index is 1.99. The summed E-state index contributed by atoms with van der Waals surface area (Å²) in [5.74, 6) is 0.640. The van der Waals surface area contributed by atoms with Crippen molar-refractivity contribution in [1.82, 2.24) is 0 Å². The molecule has 0 aromatic carbocycles. The Bertz CT molecular complexity index is 191. The molecule has 1 heterocycles. The van der Waals surface area contributed by atoms with Crippen molar-refractivity contribution in [3.8, 4) is 0 Å². The summed E-state index contributed by atoms with van der Waals surface area (Å²) in [6.45, 7) is 0.959. The van der Waals surface area contributed by atoms with Crippen LogP contribution in [-0.2, 0) is 4.74 Å². The van der Waals surface area contributed by atoms with Gasteiger partial charge < -0.3 is 4.74 Å². The van der Waals surface area contributed by atoms with E-state index in [1.54, 1.807) is 0 Å². The van der Waals surface area contributed by atoms with E-state index >= 15 is 0 Å². The molecule has 0 bridgehead atoms. The van der Waals surface area contributed by atoms with Gasteiger partial charge in [0, 0.05) is 10.4 Å². The van der Waals surface area contributed by atoms with Gasteiger partial charge in [0.2, 0.25) is 0 Å². The molecule has 0 spiro atoms. The zero-order chi connectivity index (χ0) is 6.97. The second kappa shape index (κ2) is 2.51. The average molecular weight is 201 g/mol. The van der Waals surface area contributed by atoms with Gasteiger partial charge in [-0.25, -0.2) is 0 Å². The summed E-state index contributed by atoms with van der Waals surface area (Å²) in [5, 5.41) is 0. The van der Waals surface area contributed by atoms with Crippen LogP contribution in [0.4, 0.5) is 0 Å². The first-order chi connectivity index (χ1) is 4.86. The fourth-order valence-electron chi connectivity index (χ4n) is 1.19. The molecule has 0 N–H and O–H groups in total. The Hall–Kier alpha value is -0.0800. The van der Waals surface area contributed by atoms with Crippen LogP contribution in [0.1, 0.15) is 6.42 Å². The Kier molecular flexibility index (Phi) is 1.66. The minimum absolute atomic E-state index is 0.521. The number of allylic oxidation sites excluding steroid dienone is 3. The maximum atomic E-state index is 5.19. The molecule has 54 valence electrons. The summed E-state index contributed by atoms with van der Waals surface area (Å²) >= 11 is 3.42. The largest absolute Gasteiger partial charge is 0.372 e. The van der Waals surface area contributed by atoms with Crippen molar-refractivity contribution in [1.29, 1.82) is 0 Å². The standard InChI is InChI=1S/C8H9BrO/c9-7-3-1-6(2-4-7)8-5-10-8/h1,3-4,6,8H,2,5H2/t6?,8-/m1/s1. The van der Waals surface area contributed by atoms with Crippen molar-refractivity contribution in [3.05, 3.63) is 22.7 Å². The van der Waals surface area contributed by atoms with Crippen molar-refractivity contribution >= 4 is 15.9 Å². The van der Waals surface area contributed by atoms with Crippen molar-refractivity contribution < 1.29 is 4.74 Å². The minimum atomic E-state index is 0.521. The van der Waals surface area contributed by atoms with E-state index in [4.69, 9.17) is 4.74 Å². The first kappa shape index (κ1) is 6.62. The number of hydrogen-bond acceptors (Lipinski definition) is 1. The van der Waals surface area contributed by atoms with Gasteiger partial charge in [-0.15, -0.1) is 0 Å². The minimum Gasteiger partial charge on any atom is -0.372 e. The summed E-state index contributed by atoms with van der Waals surface area (Å²) in [4.78, 5) is 0. The van der Waals surface area contributed by atoms with Crippen LogP contribution in [0.2, 0.25) is 0 Å². The van der Waals surface area contributed by atoms with E-state index < -0.39 is 0 Å². The van der Waals surface area contributed by atoms with Gasteiger partial charge in [0.1, 0.15) is 0 Å². The highest BCUT2D eigenvalue weighted by molar-refractivity contribution is 9.11. The quantitative estimate of drug-likeness (QED) is 0.592. The van der Waals surface area contributed by atoms with Crippen LogP contribution in [-0.4, -0.2) is 12.7 Å². The third-order valence-corrected chi connectivity index (χ3v) is 2.51. The van der Waals surface area contributed by atoms with E-state index in [0.717, 1.165) is 13.0 Å². The lowest BCUT2D eigenvalue weighted by molar-refractivity contribution is 0.360. The van der Waals surface area contributed by atoms with Crippen LogP contribution in [0, 0.1) is 5.92 Å². The first-order valence-electron chi connectivity index (χ1n) is 3.52. The summed E-state index contributed by atoms with van der Waals surface area (Å²) < 4.78 is 6.39. The van der Waals surface area contributed by atoms with Gasteiger partial charge in [0.05, 0.1) is 12.7 Å². The zero-order valence-corrected chi connectivity index (χ0v) is 7.17. The summed E-state index contributed by atoms with van der Waals surface area (Å²) in [6, 6.07) is 0. The molecular formula is C8H9BrO. The molecule has 0 amide bonds. The predicted molar refractivity (Wildman–Crippen MR) is 44.0 cm³/mol. The number of ether oxygens (including phenoxy) is 1. The molecule has 2 heteroatoms. The Morgan fingerprint density at radius 3 is 2.90 bits per heavy atom. The van der Waals surface area contributed by atoms with Crippen molar-refractivity contribution in [2.24, 2.45) is 5.92 Å². The number of halogens is 1. The molecule has 1 fully saturated rings. The number of hydrogen-bond donors (Lipinski definition) is 0. The maximum Gasteiger partial charge on any atom is 0.0875 e. The molecule has 2 rings (SSSR count). The van der Waals surface area contributed by atoms with Crippen LogP contribution in [0.15, 0.2) is 22.7 Å². The lowest BCUT2D eigenvalue weighted by Crippen LogP contribution is -2.05. The summed E-state index contributed by atoms with van der Waals surface area (Å²) in [6.07, 6.45) is 8.18. The Morgan fingerprint density at radius 2 is 2.40 bits per heavy atom. The third kappa shape index (κ3) is 1.32. The van der Waals surface area contributed by atoms with E-state index in [1.807, 2.05) is 0 Å². The van der Waals surface area contributed by atoms with Crippen LogP contribution >= 0.6 is 15.9 Å². The normalized spacial score (nSPS) is 37.5. The van der Waals surface area contributed by atoms with Crippen molar-refractivity contribution in [3.63, 3.8) is 0 Å². The molecule has 1 unspecified atom stereocenters. The van der Waals surface area contributed by atoms with E-state index in [9.17, 15) is 0 Å². The molecule has 1 aliphatic heterocycles. The molecule has 1 nitrogen and oxygen atoms in total. The molecule has 0 radical (unpaired) electrons. The zero-order valence-electron chi connectivity index (χ0n) is 5.59. The van der Waals surface area contributed by atoms with Crippen LogP contribution in [0.3, 0.4) is 0 Å². The van der Waals surface area contributed by atoms with Crippen LogP contribution < -0.4 is 0 Å². The molecule has 2 aliphatic rings. The second-order valence-electron chi connectivity index (χ2n) is 2.72. The van der Waals surface area contributed by atoms with Gasteiger partial charge in [0.25, 0.3) is 0 Å². The first-order valence-corrected chi connectivity index (χ1v) is 4.31. The van der Waals surface area contributed by atoms with Crippen LogP contribution in [0.25, 0.3) is 0 Å². The smallest absolute Gasteiger partial charge is 0.0875 e. The van der Waals surface area contributed by atoms with Gasteiger partial charge >= 0.3 is 0 Å². The molecule has 1 saturated heterocycles. The SMILES string of the molecule is BrC1=CCC([C@H]2CO2)C=C1. The summed E-state index contributed by atoms with van der Waals surface area (Å²) in [5.41, 5.74) is 0. The van der Waals surface area contributed by atoms with E-state index in [1.165, 1.54) is 4.48 Å². The third-order valence-electron chi connectivity index (χ3n) is 1.92. The molecule has 0 aromatic rings. The number of epoxide rings is 1. The highest BCUT2D eigenvalue weighted by atomic mass is 79.9. The highest BCUT2D eigenvalue weighted by Gasteiger charge is 2.30. The number of rotatable bonds is 1. The molecule has 1 aliphatic carbocycles. The molecule has 10 heavy (non-hydrogen) atoms. The second-order valence-corrected chi connectivity index (χ2v) is 3.64. The Labute approximate surface area is 68.9 Å². The van der Waals surface area contributed by atoms with E-state index in [-0.39, 0.29) is 0 Å². The fourth-order valence-corrected chi connectivity index (χ4v) is 1.53. The topological polar surface area (TPSA) is 12.5 Å². The van der Waals surface area contributed by atoms with Gasteiger partial charge in [0.15, 0.2) is 0 Å². The monoisotopic (exact) mass is 200 g/mol. The van der Waals surface area contributed by atoms with Gasteiger partial charge in [-0.2, -0.15) is 0 Å². The highest BCUT2D eigenvalue weighted by Crippen LogP contribution is 2.29. The van der Waals surface area contributed by atoms with Gasteiger partial charge in [-0.05, 0) is 6.42 Å². The lowest BCUT2D eigenvalue weighted by Gasteiger charge is -2.09. The van der Waals surface area contributed by atoms with E-state index in [0.29, 0.717) is 12.0 Å². The molecule has 0 aromatic heterocycles. The Morgan fingerprint density at radius 1 is 1.60 bits per heavy atom. The lowest BCUT2D eigenvalue weighted by atomic mass is 9.98. The van der Waals surface area contributed by atoms with Crippen LogP contribution in [0.5, 0.6) is 0 Å². The fraction of sp³-hybridized carbons (Fsp3) is 0.500. The molecule has 0 saturated carbocycles. The average Bonchev–Trinajstić information content (AvgIpc) is 2.71. The van der Waals surface area contributed by atoms with Gasteiger partial charge in [-0.3, -0.25) is 0 Å². The van der Waals surface area contributed by atoms with Crippen molar-refractivity contribution in [2.45, 2.75) is 12.5 Å². The van der Waals surface area contributed by atoms with Gasteiger partial charge in [-0.1, -0.05) is 34.2 Å². The predicted octanol–water partition coefficient (Wildman–Crippen LogP) is 2.24. The van der Waals surface area contributed by atoms with Crippen molar-refractivity contribution in [2.75, 3.05) is 6.61 Å².